The van der Waals surface area contributed by atoms with Gasteiger partial charge >= 0.3 is 0 Å². The van der Waals surface area contributed by atoms with E-state index in [0.717, 1.165) is 18.8 Å². The third kappa shape index (κ3) is 4.87. The number of piperazine rings is 1. The fraction of sp³-hybridized carbons (Fsp3) is 0.500. The zero-order valence-corrected chi connectivity index (χ0v) is 13.4. The first kappa shape index (κ1) is 16.5. The van der Waals surface area contributed by atoms with Crippen LogP contribution in [0, 0.1) is 5.82 Å². The van der Waals surface area contributed by atoms with Crippen LogP contribution in [0.15, 0.2) is 29.3 Å². The lowest BCUT2D eigenvalue weighted by atomic mass is 10.2. The van der Waals surface area contributed by atoms with Gasteiger partial charge in [-0.15, -0.1) is 0 Å². The fourth-order valence-corrected chi connectivity index (χ4v) is 2.69. The highest BCUT2D eigenvalue weighted by Crippen LogP contribution is 2.16. The topological polar surface area (TPSA) is 79.0 Å². The maximum absolute atomic E-state index is 12.9. The fourth-order valence-electron chi connectivity index (χ4n) is 2.27. The zero-order chi connectivity index (χ0) is 16.2. The maximum atomic E-state index is 12.9. The molecule has 1 aliphatic heterocycles. The van der Waals surface area contributed by atoms with Gasteiger partial charge in [0.1, 0.15) is 15.7 Å². The van der Waals surface area contributed by atoms with Gasteiger partial charge < -0.3 is 15.5 Å². The number of benzene rings is 1. The highest BCUT2D eigenvalue weighted by Gasteiger charge is 2.18. The van der Waals surface area contributed by atoms with Gasteiger partial charge in [-0.05, 0) is 24.3 Å². The lowest BCUT2D eigenvalue weighted by Crippen LogP contribution is -2.51. The number of anilines is 1. The smallest absolute Gasteiger partial charge is 0.191 e. The molecule has 1 heterocycles. The van der Waals surface area contributed by atoms with Crippen molar-refractivity contribution < 1.29 is 12.8 Å². The Morgan fingerprint density at radius 2 is 1.82 bits per heavy atom. The molecule has 122 valence electrons. The van der Waals surface area contributed by atoms with Gasteiger partial charge in [0, 0.05) is 38.1 Å². The summed E-state index contributed by atoms with van der Waals surface area (Å²) in [6.07, 6.45) is 1.18. The second-order valence-electron chi connectivity index (χ2n) is 5.32. The number of hydrogen-bond acceptors (Lipinski definition) is 4. The van der Waals surface area contributed by atoms with Gasteiger partial charge in [-0.1, -0.05) is 0 Å². The van der Waals surface area contributed by atoms with Crippen molar-refractivity contribution in [2.24, 2.45) is 10.7 Å². The first-order valence-electron chi connectivity index (χ1n) is 7.08. The van der Waals surface area contributed by atoms with Gasteiger partial charge in [0.15, 0.2) is 5.96 Å². The van der Waals surface area contributed by atoms with E-state index in [1.165, 1.54) is 18.4 Å². The Kier molecular flexibility index (Phi) is 5.23. The third-order valence-electron chi connectivity index (χ3n) is 3.53. The van der Waals surface area contributed by atoms with Crippen LogP contribution in [-0.4, -0.2) is 64.0 Å². The molecule has 1 aliphatic rings. The van der Waals surface area contributed by atoms with Crippen LogP contribution in [0.1, 0.15) is 0 Å². The van der Waals surface area contributed by atoms with Crippen LogP contribution in [0.3, 0.4) is 0 Å². The lowest BCUT2D eigenvalue weighted by molar-refractivity contribution is 0.381. The molecule has 1 aromatic carbocycles. The number of rotatable bonds is 4. The number of nitrogens with two attached hydrogens (primary N) is 1. The highest BCUT2D eigenvalue weighted by atomic mass is 32.2. The molecular formula is C14H21FN4O2S. The summed E-state index contributed by atoms with van der Waals surface area (Å²) in [7, 11) is -3.02. The van der Waals surface area contributed by atoms with Crippen LogP contribution in [0.25, 0.3) is 0 Å². The van der Waals surface area contributed by atoms with Crippen LogP contribution in [0.5, 0.6) is 0 Å². The molecule has 0 aromatic heterocycles. The van der Waals surface area contributed by atoms with Crippen molar-refractivity contribution in [1.29, 1.82) is 0 Å². The van der Waals surface area contributed by atoms with E-state index < -0.39 is 9.84 Å². The molecule has 0 radical (unpaired) electrons. The summed E-state index contributed by atoms with van der Waals surface area (Å²) in [6.45, 7) is 3.10. The highest BCUT2D eigenvalue weighted by molar-refractivity contribution is 7.90. The average Bonchev–Trinajstić information content (AvgIpc) is 2.47. The predicted molar refractivity (Wildman–Crippen MR) is 86.4 cm³/mol. The van der Waals surface area contributed by atoms with Crippen molar-refractivity contribution in [2.45, 2.75) is 0 Å². The molecule has 0 spiro atoms. The summed E-state index contributed by atoms with van der Waals surface area (Å²) in [5.74, 6) is 0.135. The van der Waals surface area contributed by atoms with E-state index in [0.29, 0.717) is 19.0 Å². The molecule has 6 nitrogen and oxygen atoms in total. The molecule has 1 fully saturated rings. The molecule has 8 heteroatoms. The van der Waals surface area contributed by atoms with E-state index in [1.807, 2.05) is 4.90 Å². The van der Waals surface area contributed by atoms with Crippen molar-refractivity contribution in [3.8, 4) is 0 Å². The molecule has 2 rings (SSSR count). The SMILES string of the molecule is CS(=O)(=O)CCN=C(N)N1CCN(c2ccc(F)cc2)CC1. The quantitative estimate of drug-likeness (QED) is 0.635. The summed E-state index contributed by atoms with van der Waals surface area (Å²) in [5.41, 5.74) is 6.87. The number of halogens is 1. The number of nitrogens with zero attached hydrogens (tertiary/aromatic N) is 3. The monoisotopic (exact) mass is 328 g/mol. The molecule has 2 N–H and O–H groups in total. The molecule has 22 heavy (non-hydrogen) atoms. The predicted octanol–water partition coefficient (Wildman–Crippen LogP) is 0.307. The molecule has 1 saturated heterocycles. The van der Waals surface area contributed by atoms with Crippen molar-refractivity contribution in [3.05, 3.63) is 30.1 Å². The van der Waals surface area contributed by atoms with E-state index in [9.17, 15) is 12.8 Å². The molecule has 0 saturated carbocycles. The van der Waals surface area contributed by atoms with Gasteiger partial charge in [-0.2, -0.15) is 0 Å². The van der Waals surface area contributed by atoms with Crippen molar-refractivity contribution in [3.63, 3.8) is 0 Å². The Morgan fingerprint density at radius 3 is 2.36 bits per heavy atom. The average molecular weight is 328 g/mol. The number of guanidine groups is 1. The van der Waals surface area contributed by atoms with E-state index >= 15 is 0 Å². The summed E-state index contributed by atoms with van der Waals surface area (Å²) < 4.78 is 35.0. The van der Waals surface area contributed by atoms with Gasteiger partial charge in [0.25, 0.3) is 0 Å². The Morgan fingerprint density at radius 1 is 1.23 bits per heavy atom. The van der Waals surface area contributed by atoms with Crippen molar-refractivity contribution >= 4 is 21.5 Å². The van der Waals surface area contributed by atoms with Crippen LogP contribution in [0.2, 0.25) is 0 Å². The first-order chi connectivity index (χ1) is 10.3. The molecule has 0 bridgehead atoms. The molecule has 1 aromatic rings. The Hall–Kier alpha value is -1.83. The second-order valence-corrected chi connectivity index (χ2v) is 7.58. The summed E-state index contributed by atoms with van der Waals surface area (Å²) >= 11 is 0. The Bertz CT molecular complexity index is 623. The third-order valence-corrected chi connectivity index (χ3v) is 4.46. The lowest BCUT2D eigenvalue weighted by Gasteiger charge is -2.36. The maximum Gasteiger partial charge on any atom is 0.191 e. The standard InChI is InChI=1S/C14H21FN4O2S/c1-22(20,21)11-6-17-14(16)19-9-7-18(8-10-19)13-4-2-12(15)3-5-13/h2-5H,6-11H2,1H3,(H2,16,17). The van der Waals surface area contributed by atoms with E-state index in [-0.39, 0.29) is 18.1 Å². The van der Waals surface area contributed by atoms with Crippen LogP contribution in [-0.2, 0) is 9.84 Å². The van der Waals surface area contributed by atoms with Crippen molar-refractivity contribution in [2.75, 3.05) is 49.6 Å². The zero-order valence-electron chi connectivity index (χ0n) is 12.6. The largest absolute Gasteiger partial charge is 0.370 e. The minimum Gasteiger partial charge on any atom is -0.370 e. The summed E-state index contributed by atoms with van der Waals surface area (Å²) in [5, 5.41) is 0. The minimum atomic E-state index is -3.02. The van der Waals surface area contributed by atoms with E-state index in [4.69, 9.17) is 5.73 Å². The second kappa shape index (κ2) is 6.95. The van der Waals surface area contributed by atoms with Crippen LogP contribution in [0.4, 0.5) is 10.1 Å². The molecule has 0 unspecified atom stereocenters. The summed E-state index contributed by atoms with van der Waals surface area (Å²) in [4.78, 5) is 8.20. The van der Waals surface area contributed by atoms with Gasteiger partial charge in [0.05, 0.1) is 12.3 Å². The van der Waals surface area contributed by atoms with Crippen LogP contribution < -0.4 is 10.6 Å². The number of hydrogen-bond donors (Lipinski definition) is 1. The van der Waals surface area contributed by atoms with Crippen molar-refractivity contribution in [1.82, 2.24) is 4.90 Å². The molecular weight excluding hydrogens is 307 g/mol. The Labute approximate surface area is 130 Å². The summed E-state index contributed by atoms with van der Waals surface area (Å²) in [6, 6.07) is 6.41. The first-order valence-corrected chi connectivity index (χ1v) is 9.14. The molecule has 0 atom stereocenters. The normalized spacial score (nSPS) is 16.9. The van der Waals surface area contributed by atoms with E-state index in [2.05, 4.69) is 9.89 Å². The minimum absolute atomic E-state index is 0.00322. The van der Waals surface area contributed by atoms with Gasteiger partial charge in [-0.3, -0.25) is 4.99 Å². The molecule has 0 aliphatic carbocycles. The van der Waals surface area contributed by atoms with Gasteiger partial charge in [-0.25, -0.2) is 12.8 Å². The van der Waals surface area contributed by atoms with Crippen LogP contribution >= 0.6 is 0 Å². The van der Waals surface area contributed by atoms with Gasteiger partial charge in [0.2, 0.25) is 0 Å². The Balaban J connectivity index is 1.86. The van der Waals surface area contributed by atoms with E-state index in [1.54, 1.807) is 12.1 Å². The number of sulfone groups is 1. The molecule has 0 amide bonds. The number of aliphatic imine (C=N–C) groups is 1.